The van der Waals surface area contributed by atoms with Crippen molar-refractivity contribution in [3.63, 3.8) is 0 Å². The van der Waals surface area contributed by atoms with Crippen molar-refractivity contribution in [3.05, 3.63) is 0 Å². The SMILES string of the molecule is NC(=O)C1CCCCN1C(=O)CNC(=O)CC1CCCCC1. The van der Waals surface area contributed by atoms with Crippen molar-refractivity contribution in [1.82, 2.24) is 10.2 Å². The molecule has 3 N–H and O–H groups in total. The fraction of sp³-hybridized carbons (Fsp3) is 0.812. The molecular formula is C16H27N3O3. The Morgan fingerprint density at radius 3 is 2.36 bits per heavy atom. The third-order valence-electron chi connectivity index (χ3n) is 4.79. The number of amides is 3. The van der Waals surface area contributed by atoms with E-state index < -0.39 is 11.9 Å². The molecule has 0 radical (unpaired) electrons. The van der Waals surface area contributed by atoms with E-state index in [0.29, 0.717) is 25.3 Å². The van der Waals surface area contributed by atoms with Crippen LogP contribution in [0.2, 0.25) is 0 Å². The molecule has 22 heavy (non-hydrogen) atoms. The van der Waals surface area contributed by atoms with E-state index in [-0.39, 0.29) is 18.4 Å². The molecule has 0 spiro atoms. The van der Waals surface area contributed by atoms with E-state index in [1.165, 1.54) is 24.2 Å². The number of primary amides is 1. The zero-order valence-electron chi connectivity index (χ0n) is 13.2. The highest BCUT2D eigenvalue weighted by atomic mass is 16.2. The molecule has 124 valence electrons. The lowest BCUT2D eigenvalue weighted by Crippen LogP contribution is -2.53. The van der Waals surface area contributed by atoms with Crippen LogP contribution in [0.15, 0.2) is 0 Å². The first-order valence-electron chi connectivity index (χ1n) is 8.43. The predicted octanol–water partition coefficient (Wildman–Crippen LogP) is 0.939. The number of piperidine rings is 1. The average molecular weight is 309 g/mol. The molecule has 3 amide bonds. The van der Waals surface area contributed by atoms with Crippen LogP contribution in [0.25, 0.3) is 0 Å². The molecule has 1 atom stereocenters. The van der Waals surface area contributed by atoms with Crippen LogP contribution >= 0.6 is 0 Å². The van der Waals surface area contributed by atoms with Crippen molar-refractivity contribution < 1.29 is 14.4 Å². The molecular weight excluding hydrogens is 282 g/mol. The molecule has 1 saturated carbocycles. The van der Waals surface area contributed by atoms with E-state index in [0.717, 1.165) is 25.7 Å². The van der Waals surface area contributed by atoms with Gasteiger partial charge in [-0.05, 0) is 38.0 Å². The Morgan fingerprint density at radius 1 is 1.00 bits per heavy atom. The molecule has 0 aromatic carbocycles. The van der Waals surface area contributed by atoms with Crippen LogP contribution in [-0.2, 0) is 14.4 Å². The highest BCUT2D eigenvalue weighted by Gasteiger charge is 2.30. The van der Waals surface area contributed by atoms with Gasteiger partial charge in [0.2, 0.25) is 17.7 Å². The van der Waals surface area contributed by atoms with Gasteiger partial charge in [0.1, 0.15) is 6.04 Å². The topological polar surface area (TPSA) is 92.5 Å². The second-order valence-corrected chi connectivity index (χ2v) is 6.49. The van der Waals surface area contributed by atoms with Crippen molar-refractivity contribution in [2.24, 2.45) is 11.7 Å². The second-order valence-electron chi connectivity index (χ2n) is 6.49. The minimum Gasteiger partial charge on any atom is -0.368 e. The van der Waals surface area contributed by atoms with Crippen LogP contribution < -0.4 is 11.1 Å². The quantitative estimate of drug-likeness (QED) is 0.791. The van der Waals surface area contributed by atoms with E-state index in [4.69, 9.17) is 5.73 Å². The molecule has 0 aromatic heterocycles. The van der Waals surface area contributed by atoms with Gasteiger partial charge in [0.25, 0.3) is 0 Å². The van der Waals surface area contributed by atoms with E-state index in [9.17, 15) is 14.4 Å². The van der Waals surface area contributed by atoms with Crippen LogP contribution in [0, 0.1) is 5.92 Å². The van der Waals surface area contributed by atoms with Gasteiger partial charge in [0.15, 0.2) is 0 Å². The van der Waals surface area contributed by atoms with Gasteiger partial charge in [0.05, 0.1) is 6.54 Å². The zero-order chi connectivity index (χ0) is 15.9. The lowest BCUT2D eigenvalue weighted by Gasteiger charge is -2.33. The van der Waals surface area contributed by atoms with Crippen molar-refractivity contribution in [3.8, 4) is 0 Å². The number of hydrogen-bond donors (Lipinski definition) is 2. The molecule has 1 unspecified atom stereocenters. The van der Waals surface area contributed by atoms with Gasteiger partial charge in [-0.1, -0.05) is 19.3 Å². The van der Waals surface area contributed by atoms with Crippen molar-refractivity contribution in [2.75, 3.05) is 13.1 Å². The smallest absolute Gasteiger partial charge is 0.242 e. The van der Waals surface area contributed by atoms with Crippen LogP contribution in [0.5, 0.6) is 0 Å². The molecule has 2 fully saturated rings. The third-order valence-corrected chi connectivity index (χ3v) is 4.79. The number of carbonyl (C=O) groups is 3. The number of hydrogen-bond acceptors (Lipinski definition) is 3. The van der Waals surface area contributed by atoms with Gasteiger partial charge in [-0.2, -0.15) is 0 Å². The van der Waals surface area contributed by atoms with Gasteiger partial charge in [-0.15, -0.1) is 0 Å². The van der Waals surface area contributed by atoms with E-state index in [1.807, 2.05) is 0 Å². The summed E-state index contributed by atoms with van der Waals surface area (Å²) in [5.41, 5.74) is 5.35. The average Bonchev–Trinajstić information content (AvgIpc) is 2.53. The summed E-state index contributed by atoms with van der Waals surface area (Å²) < 4.78 is 0. The Bertz CT molecular complexity index is 419. The van der Waals surface area contributed by atoms with E-state index in [1.54, 1.807) is 0 Å². The monoisotopic (exact) mass is 309 g/mol. The van der Waals surface area contributed by atoms with E-state index >= 15 is 0 Å². The van der Waals surface area contributed by atoms with Crippen molar-refractivity contribution >= 4 is 17.7 Å². The Morgan fingerprint density at radius 2 is 1.68 bits per heavy atom. The normalized spacial score (nSPS) is 23.1. The maximum atomic E-state index is 12.2. The molecule has 0 bridgehead atoms. The Hall–Kier alpha value is -1.59. The van der Waals surface area contributed by atoms with Crippen LogP contribution in [0.3, 0.4) is 0 Å². The molecule has 6 heteroatoms. The molecule has 6 nitrogen and oxygen atoms in total. The Kier molecular flexibility index (Phi) is 6.21. The lowest BCUT2D eigenvalue weighted by atomic mass is 9.87. The summed E-state index contributed by atoms with van der Waals surface area (Å²) in [5.74, 6) is -0.271. The molecule has 1 aliphatic heterocycles. The Labute approximate surface area is 131 Å². The van der Waals surface area contributed by atoms with Crippen molar-refractivity contribution in [2.45, 2.75) is 63.8 Å². The summed E-state index contributed by atoms with van der Waals surface area (Å²) in [6.07, 6.45) is 8.80. The summed E-state index contributed by atoms with van der Waals surface area (Å²) in [4.78, 5) is 37.1. The zero-order valence-corrected chi connectivity index (χ0v) is 13.2. The predicted molar refractivity (Wildman–Crippen MR) is 82.7 cm³/mol. The molecule has 0 aromatic rings. The number of nitrogens with zero attached hydrogens (tertiary/aromatic N) is 1. The molecule has 2 rings (SSSR count). The van der Waals surface area contributed by atoms with Crippen molar-refractivity contribution in [1.29, 1.82) is 0 Å². The first kappa shape index (κ1) is 16.8. The first-order chi connectivity index (χ1) is 10.6. The van der Waals surface area contributed by atoms with Gasteiger partial charge >= 0.3 is 0 Å². The van der Waals surface area contributed by atoms with Crippen LogP contribution in [0.4, 0.5) is 0 Å². The summed E-state index contributed by atoms with van der Waals surface area (Å²) in [7, 11) is 0. The largest absolute Gasteiger partial charge is 0.368 e. The maximum Gasteiger partial charge on any atom is 0.242 e. The number of likely N-dealkylation sites (tertiary alicyclic amines) is 1. The summed E-state index contributed by atoms with van der Waals surface area (Å²) in [6.45, 7) is 0.514. The standard InChI is InChI=1S/C16H27N3O3/c17-16(22)13-8-4-5-9-19(13)15(21)11-18-14(20)10-12-6-2-1-3-7-12/h12-13H,1-11H2,(H2,17,22)(H,18,20). The molecule has 1 saturated heterocycles. The minimum atomic E-state index is -0.517. The number of nitrogens with one attached hydrogen (secondary N) is 1. The minimum absolute atomic E-state index is 0.0324. The second kappa shape index (κ2) is 8.15. The van der Waals surface area contributed by atoms with Gasteiger partial charge in [0, 0.05) is 13.0 Å². The van der Waals surface area contributed by atoms with Gasteiger partial charge < -0.3 is 16.0 Å². The lowest BCUT2D eigenvalue weighted by molar-refractivity contribution is -0.141. The summed E-state index contributed by atoms with van der Waals surface area (Å²) in [5, 5.41) is 2.70. The fourth-order valence-electron chi connectivity index (χ4n) is 3.53. The summed E-state index contributed by atoms with van der Waals surface area (Å²) in [6, 6.07) is -0.517. The Balaban J connectivity index is 1.75. The van der Waals surface area contributed by atoms with Gasteiger partial charge in [-0.25, -0.2) is 0 Å². The van der Waals surface area contributed by atoms with Gasteiger partial charge in [-0.3, -0.25) is 14.4 Å². The summed E-state index contributed by atoms with van der Waals surface area (Å²) >= 11 is 0. The van der Waals surface area contributed by atoms with Crippen LogP contribution in [-0.4, -0.2) is 41.8 Å². The number of carbonyl (C=O) groups excluding carboxylic acids is 3. The van der Waals surface area contributed by atoms with E-state index in [2.05, 4.69) is 5.32 Å². The third kappa shape index (κ3) is 4.71. The highest BCUT2D eigenvalue weighted by Crippen LogP contribution is 2.26. The first-order valence-corrected chi connectivity index (χ1v) is 8.43. The van der Waals surface area contributed by atoms with Crippen LogP contribution in [0.1, 0.15) is 57.8 Å². The molecule has 1 heterocycles. The molecule has 1 aliphatic carbocycles. The molecule has 2 aliphatic rings. The maximum absolute atomic E-state index is 12.2. The number of rotatable bonds is 5. The number of nitrogens with two attached hydrogens (primary N) is 1. The highest BCUT2D eigenvalue weighted by molar-refractivity contribution is 5.89. The fourth-order valence-corrected chi connectivity index (χ4v) is 3.53.